The largest absolute Gasteiger partial charge is 0.481 e. The van der Waals surface area contributed by atoms with Crippen molar-refractivity contribution in [1.29, 1.82) is 0 Å². The SMILES string of the molecule is O=C(O)[C@H]1C[C@H]1C(=O)NCC1(c2ccccc2)CCOCC1. The first-order valence-electron chi connectivity index (χ1n) is 7.76. The standard InChI is InChI=1S/C17H21NO4/c19-15(13-10-14(13)16(20)21)18-11-17(6-8-22-9-7-17)12-4-2-1-3-5-12/h1-5,13-14H,6-11H2,(H,18,19)(H,20,21)/t13-,14+/m1/s1. The van der Waals surface area contributed by atoms with Crippen molar-refractivity contribution in [3.63, 3.8) is 0 Å². The molecule has 22 heavy (non-hydrogen) atoms. The molecule has 1 aromatic carbocycles. The zero-order chi connectivity index (χ0) is 15.6. The van der Waals surface area contributed by atoms with Gasteiger partial charge in [-0.2, -0.15) is 0 Å². The predicted molar refractivity (Wildman–Crippen MR) is 80.4 cm³/mol. The monoisotopic (exact) mass is 303 g/mol. The van der Waals surface area contributed by atoms with Gasteiger partial charge in [0, 0.05) is 25.2 Å². The van der Waals surface area contributed by atoms with Crippen molar-refractivity contribution >= 4 is 11.9 Å². The van der Waals surface area contributed by atoms with Crippen LogP contribution in [0.2, 0.25) is 0 Å². The molecule has 1 aliphatic heterocycles. The summed E-state index contributed by atoms with van der Waals surface area (Å²) in [6, 6.07) is 10.2. The van der Waals surface area contributed by atoms with Crippen LogP contribution in [0.4, 0.5) is 0 Å². The fourth-order valence-corrected chi connectivity index (χ4v) is 3.27. The van der Waals surface area contributed by atoms with Gasteiger partial charge in [0.15, 0.2) is 0 Å². The lowest BCUT2D eigenvalue weighted by molar-refractivity contribution is -0.140. The van der Waals surface area contributed by atoms with Gasteiger partial charge in [-0.25, -0.2) is 0 Å². The maximum absolute atomic E-state index is 12.1. The fourth-order valence-electron chi connectivity index (χ4n) is 3.27. The molecular weight excluding hydrogens is 282 g/mol. The molecule has 0 radical (unpaired) electrons. The number of ether oxygens (including phenoxy) is 1. The van der Waals surface area contributed by atoms with Gasteiger partial charge in [0.1, 0.15) is 0 Å². The van der Waals surface area contributed by atoms with Crippen molar-refractivity contribution in [3.05, 3.63) is 35.9 Å². The Bertz CT molecular complexity index is 551. The number of aliphatic carboxylic acids is 1. The number of carbonyl (C=O) groups excluding carboxylic acids is 1. The lowest BCUT2D eigenvalue weighted by Gasteiger charge is -2.38. The highest BCUT2D eigenvalue weighted by molar-refractivity contribution is 5.89. The minimum atomic E-state index is -0.871. The number of carbonyl (C=O) groups is 2. The number of benzene rings is 1. The molecule has 0 unspecified atom stereocenters. The molecule has 0 spiro atoms. The maximum atomic E-state index is 12.1. The first-order valence-corrected chi connectivity index (χ1v) is 7.76. The molecule has 5 nitrogen and oxygen atoms in total. The number of carboxylic acid groups (broad SMARTS) is 1. The van der Waals surface area contributed by atoms with E-state index >= 15 is 0 Å². The molecule has 1 aliphatic carbocycles. The van der Waals surface area contributed by atoms with Crippen molar-refractivity contribution in [3.8, 4) is 0 Å². The number of hydrogen-bond acceptors (Lipinski definition) is 3. The Hall–Kier alpha value is -1.88. The number of rotatable bonds is 5. The van der Waals surface area contributed by atoms with Gasteiger partial charge in [0.2, 0.25) is 5.91 Å². The van der Waals surface area contributed by atoms with E-state index in [9.17, 15) is 9.59 Å². The average molecular weight is 303 g/mol. The minimum absolute atomic E-state index is 0.108. The first kappa shape index (κ1) is 15.0. The minimum Gasteiger partial charge on any atom is -0.481 e. The summed E-state index contributed by atoms with van der Waals surface area (Å²) in [4.78, 5) is 23.0. The van der Waals surface area contributed by atoms with E-state index in [2.05, 4.69) is 17.4 Å². The second-order valence-corrected chi connectivity index (χ2v) is 6.26. The van der Waals surface area contributed by atoms with Crippen molar-refractivity contribution in [1.82, 2.24) is 5.32 Å². The third-order valence-electron chi connectivity index (χ3n) is 4.88. The Morgan fingerprint density at radius 1 is 1.18 bits per heavy atom. The van der Waals surface area contributed by atoms with Gasteiger partial charge in [-0.15, -0.1) is 0 Å². The Labute approximate surface area is 129 Å². The zero-order valence-electron chi connectivity index (χ0n) is 12.5. The van der Waals surface area contributed by atoms with E-state index in [4.69, 9.17) is 9.84 Å². The molecule has 0 aromatic heterocycles. The molecule has 2 N–H and O–H groups in total. The molecule has 1 aromatic rings. The zero-order valence-corrected chi connectivity index (χ0v) is 12.5. The highest BCUT2D eigenvalue weighted by Crippen LogP contribution is 2.39. The van der Waals surface area contributed by atoms with E-state index in [-0.39, 0.29) is 17.2 Å². The van der Waals surface area contributed by atoms with Crippen LogP contribution in [0.3, 0.4) is 0 Å². The molecule has 3 rings (SSSR count). The number of amides is 1. The summed E-state index contributed by atoms with van der Waals surface area (Å²) in [6.45, 7) is 1.92. The van der Waals surface area contributed by atoms with Gasteiger partial charge in [-0.3, -0.25) is 9.59 Å². The smallest absolute Gasteiger partial charge is 0.307 e. The van der Waals surface area contributed by atoms with E-state index in [1.54, 1.807) is 0 Å². The van der Waals surface area contributed by atoms with E-state index in [0.29, 0.717) is 26.2 Å². The van der Waals surface area contributed by atoms with Crippen LogP contribution in [0.5, 0.6) is 0 Å². The summed E-state index contributed by atoms with van der Waals surface area (Å²) in [6.07, 6.45) is 2.19. The summed E-state index contributed by atoms with van der Waals surface area (Å²) in [5, 5.41) is 11.9. The Balaban J connectivity index is 1.67. The highest BCUT2D eigenvalue weighted by atomic mass is 16.5. The van der Waals surface area contributed by atoms with E-state index in [1.165, 1.54) is 5.56 Å². The normalized spacial score (nSPS) is 26.2. The maximum Gasteiger partial charge on any atom is 0.307 e. The molecule has 5 heteroatoms. The molecular formula is C17H21NO4. The van der Waals surface area contributed by atoms with Crippen LogP contribution in [0, 0.1) is 11.8 Å². The highest BCUT2D eigenvalue weighted by Gasteiger charge is 2.48. The van der Waals surface area contributed by atoms with Gasteiger partial charge >= 0.3 is 5.97 Å². The predicted octanol–water partition coefficient (Wildman–Crippen LogP) is 1.57. The van der Waals surface area contributed by atoms with Crippen molar-refractivity contribution in [2.45, 2.75) is 24.7 Å². The van der Waals surface area contributed by atoms with Crippen LogP contribution < -0.4 is 5.32 Å². The Kier molecular flexibility index (Phi) is 4.16. The molecule has 1 heterocycles. The van der Waals surface area contributed by atoms with Gasteiger partial charge in [-0.05, 0) is 24.8 Å². The summed E-state index contributed by atoms with van der Waals surface area (Å²) >= 11 is 0. The lowest BCUT2D eigenvalue weighted by atomic mass is 9.74. The number of hydrogen-bond donors (Lipinski definition) is 2. The second kappa shape index (κ2) is 6.08. The molecule has 1 saturated heterocycles. The molecule has 118 valence electrons. The third kappa shape index (κ3) is 2.99. The summed E-state index contributed by atoms with van der Waals surface area (Å²) < 4.78 is 5.47. The molecule has 2 fully saturated rings. The second-order valence-electron chi connectivity index (χ2n) is 6.26. The summed E-state index contributed by atoms with van der Waals surface area (Å²) in [7, 11) is 0. The van der Waals surface area contributed by atoms with Crippen molar-refractivity contribution < 1.29 is 19.4 Å². The quantitative estimate of drug-likeness (QED) is 0.866. The fraction of sp³-hybridized carbons (Fsp3) is 0.529. The molecule has 2 aliphatic rings. The molecule has 1 saturated carbocycles. The van der Waals surface area contributed by atoms with Crippen LogP contribution >= 0.6 is 0 Å². The summed E-state index contributed by atoms with van der Waals surface area (Å²) in [5.41, 5.74) is 1.10. The topological polar surface area (TPSA) is 75.6 Å². The lowest BCUT2D eigenvalue weighted by Crippen LogP contribution is -2.45. The molecule has 1 amide bonds. The van der Waals surface area contributed by atoms with E-state index < -0.39 is 11.9 Å². The first-order chi connectivity index (χ1) is 10.6. The van der Waals surface area contributed by atoms with Crippen LogP contribution in [0.1, 0.15) is 24.8 Å². The third-order valence-corrected chi connectivity index (χ3v) is 4.88. The van der Waals surface area contributed by atoms with Crippen molar-refractivity contribution in [2.24, 2.45) is 11.8 Å². The van der Waals surface area contributed by atoms with Gasteiger partial charge in [0.25, 0.3) is 0 Å². The van der Waals surface area contributed by atoms with E-state index in [0.717, 1.165) is 12.8 Å². The average Bonchev–Trinajstić information content (AvgIpc) is 3.35. The van der Waals surface area contributed by atoms with Crippen LogP contribution in [-0.4, -0.2) is 36.7 Å². The van der Waals surface area contributed by atoms with Crippen molar-refractivity contribution in [2.75, 3.05) is 19.8 Å². The number of nitrogens with one attached hydrogen (secondary N) is 1. The van der Waals surface area contributed by atoms with Gasteiger partial charge < -0.3 is 15.2 Å². The van der Waals surface area contributed by atoms with Crippen LogP contribution in [0.25, 0.3) is 0 Å². The summed E-state index contributed by atoms with van der Waals surface area (Å²) in [5.74, 6) is -1.86. The van der Waals surface area contributed by atoms with E-state index in [1.807, 2.05) is 18.2 Å². The van der Waals surface area contributed by atoms with Crippen LogP contribution in [0.15, 0.2) is 30.3 Å². The molecule has 2 atom stereocenters. The van der Waals surface area contributed by atoms with Gasteiger partial charge in [0.05, 0.1) is 11.8 Å². The number of carboxylic acids is 1. The molecule has 0 bridgehead atoms. The van der Waals surface area contributed by atoms with Crippen LogP contribution in [-0.2, 0) is 19.7 Å². The Morgan fingerprint density at radius 2 is 1.86 bits per heavy atom. The van der Waals surface area contributed by atoms with Gasteiger partial charge in [-0.1, -0.05) is 30.3 Å². The Morgan fingerprint density at radius 3 is 2.45 bits per heavy atom.